The molecule has 0 aliphatic carbocycles. The predicted molar refractivity (Wildman–Crippen MR) is 83.3 cm³/mol. The third kappa shape index (κ3) is 2.93. The molecule has 3 rings (SSSR count). The Morgan fingerprint density at radius 1 is 1.43 bits per heavy atom. The van der Waals surface area contributed by atoms with E-state index in [0.29, 0.717) is 11.7 Å². The second kappa shape index (κ2) is 6.26. The number of benzene rings is 1. The maximum absolute atomic E-state index is 12.8. The van der Waals surface area contributed by atoms with Crippen LogP contribution in [-0.4, -0.2) is 46.7 Å². The van der Waals surface area contributed by atoms with E-state index in [1.54, 1.807) is 0 Å². The number of aromatic nitrogens is 2. The summed E-state index contributed by atoms with van der Waals surface area (Å²) in [6, 6.07) is 8.20. The summed E-state index contributed by atoms with van der Waals surface area (Å²) >= 11 is 0. The van der Waals surface area contributed by atoms with Crippen molar-refractivity contribution in [3.63, 3.8) is 0 Å². The molecular formula is C16H22N4O. The molecule has 1 amide bonds. The van der Waals surface area contributed by atoms with Crippen molar-refractivity contribution < 1.29 is 4.79 Å². The fourth-order valence-corrected chi connectivity index (χ4v) is 3.00. The Balaban J connectivity index is 1.82. The van der Waals surface area contributed by atoms with Crippen LogP contribution in [0.15, 0.2) is 24.3 Å². The molecule has 112 valence electrons. The van der Waals surface area contributed by atoms with Crippen LogP contribution in [0.25, 0.3) is 10.9 Å². The molecule has 0 spiro atoms. The molecule has 0 saturated carbocycles. The van der Waals surface area contributed by atoms with E-state index in [1.807, 2.05) is 29.2 Å². The van der Waals surface area contributed by atoms with Crippen LogP contribution in [0.3, 0.4) is 0 Å². The van der Waals surface area contributed by atoms with Gasteiger partial charge >= 0.3 is 0 Å². The number of hydrogen-bond acceptors (Lipinski definition) is 3. The van der Waals surface area contributed by atoms with Gasteiger partial charge in [-0.05, 0) is 31.9 Å². The van der Waals surface area contributed by atoms with Crippen molar-refractivity contribution in [1.29, 1.82) is 0 Å². The molecular weight excluding hydrogens is 264 g/mol. The molecule has 21 heavy (non-hydrogen) atoms. The lowest BCUT2D eigenvalue weighted by Gasteiger charge is -2.24. The monoisotopic (exact) mass is 286 g/mol. The Kier molecular flexibility index (Phi) is 4.20. The van der Waals surface area contributed by atoms with Crippen molar-refractivity contribution in [2.75, 3.05) is 19.6 Å². The number of amides is 1. The number of nitrogens with one attached hydrogen (secondary N) is 2. The van der Waals surface area contributed by atoms with Gasteiger partial charge in [0.25, 0.3) is 5.91 Å². The summed E-state index contributed by atoms with van der Waals surface area (Å²) in [5.74, 6) is 0.0306. The number of H-pyrrole nitrogens is 1. The van der Waals surface area contributed by atoms with Crippen molar-refractivity contribution in [2.45, 2.75) is 32.2 Å². The minimum atomic E-state index is 0.0306. The number of fused-ring (bicyclic) bond motifs is 1. The average molecular weight is 286 g/mol. The van der Waals surface area contributed by atoms with Gasteiger partial charge in [-0.15, -0.1) is 0 Å². The summed E-state index contributed by atoms with van der Waals surface area (Å²) < 4.78 is 0. The Labute approximate surface area is 124 Å². The van der Waals surface area contributed by atoms with Crippen molar-refractivity contribution in [3.05, 3.63) is 30.0 Å². The van der Waals surface area contributed by atoms with Crippen LogP contribution in [0.4, 0.5) is 0 Å². The van der Waals surface area contributed by atoms with E-state index >= 15 is 0 Å². The number of para-hydroxylation sites is 1. The molecule has 1 atom stereocenters. The Bertz CT molecular complexity index is 616. The highest BCUT2D eigenvalue weighted by atomic mass is 16.2. The lowest BCUT2D eigenvalue weighted by molar-refractivity contribution is 0.0738. The molecule has 2 N–H and O–H groups in total. The van der Waals surface area contributed by atoms with Crippen LogP contribution in [0.2, 0.25) is 0 Å². The first-order valence-corrected chi connectivity index (χ1v) is 7.75. The molecule has 2 heterocycles. The smallest absolute Gasteiger partial charge is 0.275 e. The SMILES string of the molecule is CCCN(CC1CCCN1)C(=O)c1n[nH]c2ccccc12. The van der Waals surface area contributed by atoms with Crippen LogP contribution in [0.1, 0.15) is 36.7 Å². The summed E-state index contributed by atoms with van der Waals surface area (Å²) in [4.78, 5) is 14.7. The summed E-state index contributed by atoms with van der Waals surface area (Å²) in [6.07, 6.45) is 3.31. The van der Waals surface area contributed by atoms with Gasteiger partial charge in [-0.1, -0.05) is 25.1 Å². The maximum atomic E-state index is 12.8. The molecule has 1 aliphatic rings. The van der Waals surface area contributed by atoms with Gasteiger partial charge in [0.1, 0.15) is 0 Å². The van der Waals surface area contributed by atoms with Crippen LogP contribution in [0, 0.1) is 0 Å². The highest BCUT2D eigenvalue weighted by Gasteiger charge is 2.24. The summed E-state index contributed by atoms with van der Waals surface area (Å²) in [5, 5.41) is 11.5. The molecule has 1 saturated heterocycles. The van der Waals surface area contributed by atoms with E-state index < -0.39 is 0 Å². The van der Waals surface area contributed by atoms with E-state index in [1.165, 1.54) is 6.42 Å². The average Bonchev–Trinajstić information content (AvgIpc) is 3.15. The fraction of sp³-hybridized carbons (Fsp3) is 0.500. The molecule has 1 aromatic carbocycles. The summed E-state index contributed by atoms with van der Waals surface area (Å²) in [6.45, 7) is 4.71. The van der Waals surface area contributed by atoms with Crippen molar-refractivity contribution in [1.82, 2.24) is 20.4 Å². The fourth-order valence-electron chi connectivity index (χ4n) is 3.00. The van der Waals surface area contributed by atoms with Gasteiger partial charge in [0.2, 0.25) is 0 Å². The zero-order valence-corrected chi connectivity index (χ0v) is 12.4. The number of nitrogens with zero attached hydrogens (tertiary/aromatic N) is 2. The van der Waals surface area contributed by atoms with Gasteiger partial charge in [-0.25, -0.2) is 0 Å². The van der Waals surface area contributed by atoms with E-state index in [4.69, 9.17) is 0 Å². The molecule has 1 fully saturated rings. The molecule has 2 aromatic rings. The maximum Gasteiger partial charge on any atom is 0.275 e. The van der Waals surface area contributed by atoms with Crippen LogP contribution in [0.5, 0.6) is 0 Å². The van der Waals surface area contributed by atoms with Crippen molar-refractivity contribution in [3.8, 4) is 0 Å². The lowest BCUT2D eigenvalue weighted by atomic mass is 10.1. The van der Waals surface area contributed by atoms with Crippen LogP contribution < -0.4 is 5.32 Å². The molecule has 0 radical (unpaired) electrons. The minimum Gasteiger partial charge on any atom is -0.336 e. The number of carbonyl (C=O) groups excluding carboxylic acids is 1. The van der Waals surface area contributed by atoms with Gasteiger partial charge < -0.3 is 10.2 Å². The molecule has 0 bridgehead atoms. The second-order valence-electron chi connectivity index (χ2n) is 5.66. The first-order chi connectivity index (χ1) is 10.3. The minimum absolute atomic E-state index is 0.0306. The first-order valence-electron chi connectivity index (χ1n) is 7.75. The summed E-state index contributed by atoms with van der Waals surface area (Å²) in [5.41, 5.74) is 1.45. The third-order valence-electron chi connectivity index (χ3n) is 4.06. The van der Waals surface area contributed by atoms with Gasteiger partial charge in [0, 0.05) is 24.5 Å². The molecule has 1 unspecified atom stereocenters. The second-order valence-corrected chi connectivity index (χ2v) is 5.66. The van der Waals surface area contributed by atoms with Gasteiger partial charge in [0.05, 0.1) is 5.52 Å². The van der Waals surface area contributed by atoms with Gasteiger partial charge in [-0.3, -0.25) is 9.89 Å². The zero-order chi connectivity index (χ0) is 14.7. The number of carbonyl (C=O) groups is 1. The van der Waals surface area contributed by atoms with Gasteiger partial charge in [-0.2, -0.15) is 5.10 Å². The Hall–Kier alpha value is -1.88. The Morgan fingerprint density at radius 3 is 3.05 bits per heavy atom. The lowest BCUT2D eigenvalue weighted by Crippen LogP contribution is -2.41. The normalized spacial score (nSPS) is 18.2. The van der Waals surface area contributed by atoms with Crippen LogP contribution >= 0.6 is 0 Å². The van der Waals surface area contributed by atoms with E-state index in [0.717, 1.165) is 43.4 Å². The molecule has 1 aliphatic heterocycles. The highest BCUT2D eigenvalue weighted by molar-refractivity contribution is 6.04. The van der Waals surface area contributed by atoms with Crippen LogP contribution in [-0.2, 0) is 0 Å². The Morgan fingerprint density at radius 2 is 2.29 bits per heavy atom. The van der Waals surface area contributed by atoms with Gasteiger partial charge in [0.15, 0.2) is 5.69 Å². The topological polar surface area (TPSA) is 61.0 Å². The van der Waals surface area contributed by atoms with Crippen molar-refractivity contribution in [2.24, 2.45) is 0 Å². The number of aromatic amines is 1. The van der Waals surface area contributed by atoms with Crippen molar-refractivity contribution >= 4 is 16.8 Å². The van der Waals surface area contributed by atoms with E-state index in [2.05, 4.69) is 22.4 Å². The first kappa shape index (κ1) is 14.1. The highest BCUT2D eigenvalue weighted by Crippen LogP contribution is 2.18. The largest absolute Gasteiger partial charge is 0.336 e. The number of hydrogen-bond donors (Lipinski definition) is 2. The number of rotatable bonds is 5. The zero-order valence-electron chi connectivity index (χ0n) is 12.4. The van der Waals surface area contributed by atoms with E-state index in [9.17, 15) is 4.79 Å². The molecule has 5 heteroatoms. The standard InChI is InChI=1S/C16H22N4O/c1-2-10-20(11-12-6-5-9-17-12)16(21)15-13-7-3-4-8-14(13)18-19-15/h3-4,7-8,12,17H,2,5-6,9-11H2,1H3,(H,18,19). The molecule has 5 nitrogen and oxygen atoms in total. The van der Waals surface area contributed by atoms with E-state index in [-0.39, 0.29) is 5.91 Å². The molecule has 1 aromatic heterocycles. The summed E-state index contributed by atoms with van der Waals surface area (Å²) in [7, 11) is 0. The third-order valence-corrected chi connectivity index (χ3v) is 4.06. The quantitative estimate of drug-likeness (QED) is 0.885. The predicted octanol–water partition coefficient (Wildman–Crippen LogP) is 2.17.